The first kappa shape index (κ1) is 18.1. The van der Waals surface area contributed by atoms with E-state index in [1.165, 1.54) is 31.2 Å². The zero-order chi connectivity index (χ0) is 18.4. The third-order valence-electron chi connectivity index (χ3n) is 3.43. The summed E-state index contributed by atoms with van der Waals surface area (Å²) in [5.74, 6) is -0.166. The molecule has 0 fully saturated rings. The highest BCUT2D eigenvalue weighted by Gasteiger charge is 2.17. The number of benzene rings is 2. The van der Waals surface area contributed by atoms with Crippen LogP contribution in [0.2, 0.25) is 0 Å². The van der Waals surface area contributed by atoms with E-state index in [0.29, 0.717) is 16.9 Å². The third-order valence-corrected chi connectivity index (χ3v) is 3.43. The van der Waals surface area contributed by atoms with Crippen LogP contribution in [0.4, 0.5) is 5.69 Å². The van der Waals surface area contributed by atoms with Gasteiger partial charge < -0.3 is 9.47 Å². The molecule has 0 bridgehead atoms. The minimum absolute atomic E-state index is 0.00615. The Kier molecular flexibility index (Phi) is 5.84. The zero-order valence-electron chi connectivity index (χ0n) is 13.8. The summed E-state index contributed by atoms with van der Waals surface area (Å²) in [6, 6.07) is 12.2. The van der Waals surface area contributed by atoms with E-state index in [4.69, 9.17) is 9.47 Å². The number of hydrogen-bond donors (Lipinski definition) is 0. The van der Waals surface area contributed by atoms with Gasteiger partial charge in [-0.1, -0.05) is 0 Å². The van der Waals surface area contributed by atoms with Gasteiger partial charge in [-0.2, -0.15) is 0 Å². The lowest BCUT2D eigenvalue weighted by Crippen LogP contribution is -2.26. The van der Waals surface area contributed by atoms with E-state index in [1.807, 2.05) is 0 Å². The molecule has 130 valence electrons. The molecular weight excluding hydrogens is 326 g/mol. The van der Waals surface area contributed by atoms with Crippen molar-refractivity contribution in [1.29, 1.82) is 0 Å². The van der Waals surface area contributed by atoms with Gasteiger partial charge in [0.15, 0.2) is 11.9 Å². The predicted molar refractivity (Wildman–Crippen MR) is 89.4 cm³/mol. The maximum absolute atomic E-state index is 12.0. The van der Waals surface area contributed by atoms with Gasteiger partial charge in [0, 0.05) is 17.7 Å². The molecule has 0 N–H and O–H groups in total. The van der Waals surface area contributed by atoms with Crippen LogP contribution in [0.1, 0.15) is 29.8 Å². The minimum Gasteiger partial charge on any atom is -0.479 e. The van der Waals surface area contributed by atoms with Crippen LogP contribution in [-0.4, -0.2) is 22.8 Å². The molecule has 25 heavy (non-hydrogen) atoms. The van der Waals surface area contributed by atoms with Crippen molar-refractivity contribution in [2.24, 2.45) is 0 Å². The highest BCUT2D eigenvalue weighted by molar-refractivity contribution is 5.94. The number of rotatable bonds is 7. The third kappa shape index (κ3) is 5.13. The van der Waals surface area contributed by atoms with E-state index in [2.05, 4.69) is 0 Å². The second kappa shape index (κ2) is 8.05. The van der Waals surface area contributed by atoms with Crippen molar-refractivity contribution in [1.82, 2.24) is 0 Å². The van der Waals surface area contributed by atoms with Gasteiger partial charge in [-0.15, -0.1) is 0 Å². The standard InChI is InChI=1S/C18H17NO6/c1-12(20)15-5-9-17(10-6-15)25-13(2)18(21)24-11-14-3-7-16(8-4-14)19(22)23/h3-10,13H,11H2,1-2H3/t13-/m0/s1. The molecule has 2 aromatic carbocycles. The van der Waals surface area contributed by atoms with Gasteiger partial charge in [-0.25, -0.2) is 4.79 Å². The Balaban J connectivity index is 1.87. The second-order valence-electron chi connectivity index (χ2n) is 5.37. The molecule has 1 atom stereocenters. The number of ether oxygens (including phenoxy) is 2. The van der Waals surface area contributed by atoms with Crippen LogP contribution in [0.25, 0.3) is 0 Å². The average Bonchev–Trinajstić information content (AvgIpc) is 2.60. The molecule has 0 radical (unpaired) electrons. The molecule has 7 heteroatoms. The summed E-state index contributed by atoms with van der Waals surface area (Å²) in [7, 11) is 0. The van der Waals surface area contributed by atoms with Gasteiger partial charge in [0.25, 0.3) is 5.69 Å². The molecule has 0 heterocycles. The summed E-state index contributed by atoms with van der Waals surface area (Å²) in [5, 5.41) is 10.6. The number of nitrogens with zero attached hydrogens (tertiary/aromatic N) is 1. The Morgan fingerprint density at radius 3 is 2.20 bits per heavy atom. The van der Waals surface area contributed by atoms with Crippen LogP contribution in [0, 0.1) is 10.1 Å². The molecule has 0 saturated heterocycles. The number of carbonyl (C=O) groups is 2. The average molecular weight is 343 g/mol. The summed E-state index contributed by atoms with van der Waals surface area (Å²) < 4.78 is 10.6. The van der Waals surface area contributed by atoms with E-state index < -0.39 is 17.0 Å². The van der Waals surface area contributed by atoms with Gasteiger partial charge in [0.1, 0.15) is 12.4 Å². The van der Waals surface area contributed by atoms with Gasteiger partial charge >= 0.3 is 5.97 Å². The van der Waals surface area contributed by atoms with Crippen LogP contribution < -0.4 is 4.74 Å². The Morgan fingerprint density at radius 1 is 1.08 bits per heavy atom. The molecule has 0 saturated carbocycles. The van der Waals surface area contributed by atoms with E-state index >= 15 is 0 Å². The van der Waals surface area contributed by atoms with Crippen LogP contribution in [-0.2, 0) is 16.1 Å². The number of ketones is 1. The van der Waals surface area contributed by atoms with Crippen molar-refractivity contribution >= 4 is 17.4 Å². The molecule has 0 aromatic heterocycles. The van der Waals surface area contributed by atoms with Crippen molar-refractivity contribution in [3.8, 4) is 5.75 Å². The normalized spacial score (nSPS) is 11.4. The second-order valence-corrected chi connectivity index (χ2v) is 5.37. The fourth-order valence-corrected chi connectivity index (χ4v) is 2.01. The Morgan fingerprint density at radius 2 is 1.68 bits per heavy atom. The number of hydrogen-bond acceptors (Lipinski definition) is 6. The Hall–Kier alpha value is -3.22. The lowest BCUT2D eigenvalue weighted by molar-refractivity contribution is -0.384. The van der Waals surface area contributed by atoms with Gasteiger partial charge in [0.2, 0.25) is 0 Å². The summed E-state index contributed by atoms with van der Waals surface area (Å²) in [6.07, 6.45) is -0.832. The minimum atomic E-state index is -0.832. The Bertz CT molecular complexity index is 767. The smallest absolute Gasteiger partial charge is 0.347 e. The van der Waals surface area contributed by atoms with E-state index in [9.17, 15) is 19.7 Å². The van der Waals surface area contributed by atoms with E-state index in [0.717, 1.165) is 0 Å². The molecule has 0 amide bonds. The van der Waals surface area contributed by atoms with Gasteiger partial charge in [-0.3, -0.25) is 14.9 Å². The topological polar surface area (TPSA) is 95.7 Å². The van der Waals surface area contributed by atoms with Crippen molar-refractivity contribution < 1.29 is 24.0 Å². The molecule has 0 aliphatic heterocycles. The largest absolute Gasteiger partial charge is 0.479 e. The van der Waals surface area contributed by atoms with Crippen molar-refractivity contribution in [3.05, 3.63) is 69.8 Å². The lowest BCUT2D eigenvalue weighted by atomic mass is 10.1. The first-order valence-corrected chi connectivity index (χ1v) is 7.54. The number of nitro groups is 1. The Labute approximate surface area is 144 Å². The molecule has 0 spiro atoms. The first-order chi connectivity index (χ1) is 11.9. The monoisotopic (exact) mass is 343 g/mol. The van der Waals surface area contributed by atoms with Crippen LogP contribution >= 0.6 is 0 Å². The van der Waals surface area contributed by atoms with Gasteiger partial charge in [0.05, 0.1) is 4.92 Å². The number of Topliss-reactive ketones (excluding diaryl/α,β-unsaturated/α-hetero) is 1. The summed E-state index contributed by atoms with van der Waals surface area (Å²) >= 11 is 0. The summed E-state index contributed by atoms with van der Waals surface area (Å²) in [6.45, 7) is 3.01. The fourth-order valence-electron chi connectivity index (χ4n) is 2.01. The molecular formula is C18H17NO6. The number of esters is 1. The highest BCUT2D eigenvalue weighted by atomic mass is 16.6. The SMILES string of the molecule is CC(=O)c1ccc(O[C@@H](C)C(=O)OCc2ccc([N+](=O)[O-])cc2)cc1. The molecule has 7 nitrogen and oxygen atoms in total. The van der Waals surface area contributed by atoms with Crippen molar-refractivity contribution in [2.75, 3.05) is 0 Å². The number of non-ortho nitro benzene ring substituents is 1. The van der Waals surface area contributed by atoms with Crippen LogP contribution in [0.3, 0.4) is 0 Å². The van der Waals surface area contributed by atoms with E-state index in [-0.39, 0.29) is 18.1 Å². The number of nitro benzene ring substituents is 1. The van der Waals surface area contributed by atoms with Crippen molar-refractivity contribution in [3.63, 3.8) is 0 Å². The van der Waals surface area contributed by atoms with E-state index in [1.54, 1.807) is 31.2 Å². The molecule has 0 aliphatic rings. The molecule has 0 unspecified atom stereocenters. The first-order valence-electron chi connectivity index (χ1n) is 7.54. The zero-order valence-corrected chi connectivity index (χ0v) is 13.8. The van der Waals surface area contributed by atoms with Crippen LogP contribution in [0.5, 0.6) is 5.75 Å². The highest BCUT2D eigenvalue weighted by Crippen LogP contribution is 2.16. The fraction of sp³-hybridized carbons (Fsp3) is 0.222. The van der Waals surface area contributed by atoms with Crippen molar-refractivity contribution in [2.45, 2.75) is 26.6 Å². The predicted octanol–water partition coefficient (Wildman–Crippen LogP) is 3.31. The quantitative estimate of drug-likeness (QED) is 0.331. The van der Waals surface area contributed by atoms with Crippen LogP contribution in [0.15, 0.2) is 48.5 Å². The molecule has 2 rings (SSSR count). The van der Waals surface area contributed by atoms with Gasteiger partial charge in [-0.05, 0) is 55.8 Å². The lowest BCUT2D eigenvalue weighted by Gasteiger charge is -2.14. The summed E-state index contributed by atoms with van der Waals surface area (Å²) in [5.41, 5.74) is 1.17. The maximum Gasteiger partial charge on any atom is 0.347 e. The molecule has 0 aliphatic carbocycles. The maximum atomic E-state index is 12.0. The number of carbonyl (C=O) groups excluding carboxylic acids is 2. The molecule has 2 aromatic rings. The summed E-state index contributed by atoms with van der Waals surface area (Å²) in [4.78, 5) is 33.3.